The predicted molar refractivity (Wildman–Crippen MR) is 107 cm³/mol. The predicted octanol–water partition coefficient (Wildman–Crippen LogP) is 3.50. The van der Waals surface area contributed by atoms with E-state index < -0.39 is 16.2 Å². The summed E-state index contributed by atoms with van der Waals surface area (Å²) in [6, 6.07) is 10.8. The zero-order valence-corrected chi connectivity index (χ0v) is 17.1. The summed E-state index contributed by atoms with van der Waals surface area (Å²) < 4.78 is 74.8. The molecule has 0 N–H and O–H groups in total. The molecule has 0 saturated carbocycles. The minimum absolute atomic E-state index is 0.149. The van der Waals surface area contributed by atoms with E-state index in [2.05, 4.69) is 9.89 Å². The van der Waals surface area contributed by atoms with Crippen molar-refractivity contribution in [3.05, 3.63) is 42.5 Å². The number of hydrogen-bond acceptors (Lipinski definition) is 7. The maximum absolute atomic E-state index is 12.3. The molecule has 0 radical (unpaired) electrons. The van der Waals surface area contributed by atoms with Gasteiger partial charge in [-0.1, -0.05) is 18.2 Å². The van der Waals surface area contributed by atoms with E-state index in [1.807, 2.05) is 4.90 Å². The molecule has 2 heterocycles. The van der Waals surface area contributed by atoms with Crippen LogP contribution in [0.2, 0.25) is 0 Å². The zero-order chi connectivity index (χ0) is 22.1. The summed E-state index contributed by atoms with van der Waals surface area (Å²) in [5.74, 6) is 0.307. The quantitative estimate of drug-likeness (QED) is 0.562. The molecule has 166 valence electrons. The molecule has 7 nitrogen and oxygen atoms in total. The van der Waals surface area contributed by atoms with Crippen LogP contribution in [0.4, 0.5) is 13.2 Å². The number of fused-ring (bicyclic) bond motifs is 1. The molecule has 2 aromatic carbocycles. The highest BCUT2D eigenvalue weighted by molar-refractivity contribution is 7.91. The Hall–Kier alpha value is -2.79. The fourth-order valence-corrected chi connectivity index (χ4v) is 4.57. The van der Waals surface area contributed by atoms with Crippen molar-refractivity contribution in [3.63, 3.8) is 0 Å². The van der Waals surface area contributed by atoms with Crippen molar-refractivity contribution >= 4 is 20.8 Å². The van der Waals surface area contributed by atoms with E-state index in [4.69, 9.17) is 9.26 Å². The molecule has 0 amide bonds. The molecule has 0 unspecified atom stereocenters. The molecular formula is C20H19F3N2O5S. The summed E-state index contributed by atoms with van der Waals surface area (Å²) in [5.41, 5.74) is 1.96. The number of sulfone groups is 1. The third-order valence-corrected chi connectivity index (χ3v) is 6.55. The van der Waals surface area contributed by atoms with Crippen molar-refractivity contribution in [1.29, 1.82) is 0 Å². The number of ether oxygens (including phenoxy) is 2. The van der Waals surface area contributed by atoms with Crippen LogP contribution in [0.15, 0.2) is 47.0 Å². The van der Waals surface area contributed by atoms with Gasteiger partial charge in [0.1, 0.15) is 12.4 Å². The summed E-state index contributed by atoms with van der Waals surface area (Å²) in [6.45, 7) is 1.83. The number of rotatable bonds is 6. The molecule has 1 aliphatic rings. The van der Waals surface area contributed by atoms with Crippen LogP contribution in [-0.2, 0) is 9.84 Å². The normalized spacial score (nSPS) is 17.0. The zero-order valence-electron chi connectivity index (χ0n) is 16.3. The lowest BCUT2D eigenvalue weighted by atomic mass is 10.0. The average molecular weight is 456 g/mol. The first-order chi connectivity index (χ1) is 14.7. The highest BCUT2D eigenvalue weighted by atomic mass is 32.2. The SMILES string of the molecule is O=S1(=O)CCN(CCOc2noc3ccc(-c4ccc(OC(F)(F)F)cc4)cc23)CC1. The van der Waals surface area contributed by atoms with Gasteiger partial charge in [-0.2, -0.15) is 0 Å². The molecule has 1 aliphatic heterocycles. The van der Waals surface area contributed by atoms with Gasteiger partial charge in [-0.3, -0.25) is 4.90 Å². The molecule has 0 aliphatic carbocycles. The molecule has 11 heteroatoms. The third kappa shape index (κ3) is 5.47. The molecule has 0 atom stereocenters. The second-order valence-corrected chi connectivity index (χ2v) is 9.42. The second kappa shape index (κ2) is 8.39. The lowest BCUT2D eigenvalue weighted by molar-refractivity contribution is -0.274. The van der Waals surface area contributed by atoms with E-state index in [1.54, 1.807) is 18.2 Å². The minimum Gasteiger partial charge on any atom is -0.474 e. The molecule has 0 bridgehead atoms. The maximum atomic E-state index is 12.3. The van der Waals surface area contributed by atoms with E-state index in [0.29, 0.717) is 48.7 Å². The summed E-state index contributed by atoms with van der Waals surface area (Å²) in [4.78, 5) is 2.01. The number of halogens is 3. The first-order valence-corrected chi connectivity index (χ1v) is 11.3. The molecule has 3 aromatic rings. The summed E-state index contributed by atoms with van der Waals surface area (Å²) in [6.07, 6.45) is -4.74. The van der Waals surface area contributed by atoms with Gasteiger partial charge in [-0.25, -0.2) is 8.42 Å². The summed E-state index contributed by atoms with van der Waals surface area (Å²) in [5, 5.41) is 4.57. The van der Waals surface area contributed by atoms with Gasteiger partial charge in [0.15, 0.2) is 15.4 Å². The van der Waals surface area contributed by atoms with Gasteiger partial charge in [0, 0.05) is 19.6 Å². The molecule has 1 aromatic heterocycles. The van der Waals surface area contributed by atoms with Crippen molar-refractivity contribution < 1.29 is 35.6 Å². The van der Waals surface area contributed by atoms with Gasteiger partial charge in [-0.15, -0.1) is 13.2 Å². The lowest BCUT2D eigenvalue weighted by Gasteiger charge is -2.25. The van der Waals surface area contributed by atoms with Crippen molar-refractivity contribution in [2.24, 2.45) is 0 Å². The standard InChI is InChI=1S/C20H19F3N2O5S/c21-20(22,23)29-16-4-1-14(2-5-16)15-3-6-18-17(13-15)19(24-30-18)28-10-7-25-8-11-31(26,27)12-9-25/h1-6,13H,7-12H2. The van der Waals surface area contributed by atoms with Crippen molar-refractivity contribution in [1.82, 2.24) is 10.1 Å². The lowest BCUT2D eigenvalue weighted by Crippen LogP contribution is -2.42. The number of alkyl halides is 3. The Balaban J connectivity index is 1.43. The molecule has 4 rings (SSSR count). The minimum atomic E-state index is -4.74. The van der Waals surface area contributed by atoms with E-state index >= 15 is 0 Å². The number of aromatic nitrogens is 1. The average Bonchev–Trinajstić information content (AvgIpc) is 3.11. The van der Waals surface area contributed by atoms with Crippen LogP contribution < -0.4 is 9.47 Å². The first kappa shape index (κ1) is 21.4. The smallest absolute Gasteiger partial charge is 0.474 e. The summed E-state index contributed by atoms with van der Waals surface area (Å²) in [7, 11) is -2.93. The van der Waals surface area contributed by atoms with Crippen LogP contribution in [0.5, 0.6) is 11.6 Å². The molecule has 1 saturated heterocycles. The Morgan fingerprint density at radius 2 is 1.71 bits per heavy atom. The van der Waals surface area contributed by atoms with Crippen LogP contribution in [0.3, 0.4) is 0 Å². The van der Waals surface area contributed by atoms with E-state index in [0.717, 1.165) is 5.56 Å². The third-order valence-electron chi connectivity index (χ3n) is 4.94. The fourth-order valence-electron chi connectivity index (χ4n) is 3.29. The Labute approximate surface area is 176 Å². The van der Waals surface area contributed by atoms with Gasteiger partial charge >= 0.3 is 6.36 Å². The largest absolute Gasteiger partial charge is 0.573 e. The fraction of sp³-hybridized carbons (Fsp3) is 0.350. The van der Waals surface area contributed by atoms with Crippen LogP contribution in [-0.4, -0.2) is 62.6 Å². The summed E-state index contributed by atoms with van der Waals surface area (Å²) >= 11 is 0. The van der Waals surface area contributed by atoms with E-state index in [9.17, 15) is 21.6 Å². The number of benzene rings is 2. The van der Waals surface area contributed by atoms with Crippen LogP contribution in [0.1, 0.15) is 0 Å². The highest BCUT2D eigenvalue weighted by Gasteiger charge is 2.31. The number of hydrogen-bond donors (Lipinski definition) is 0. The van der Waals surface area contributed by atoms with Gasteiger partial charge in [0.2, 0.25) is 0 Å². The highest BCUT2D eigenvalue weighted by Crippen LogP contribution is 2.31. The maximum Gasteiger partial charge on any atom is 0.573 e. The molecule has 1 fully saturated rings. The molecule has 31 heavy (non-hydrogen) atoms. The van der Waals surface area contributed by atoms with Crippen molar-refractivity contribution in [3.8, 4) is 22.8 Å². The topological polar surface area (TPSA) is 81.9 Å². The molecule has 0 spiro atoms. The van der Waals surface area contributed by atoms with Crippen LogP contribution in [0.25, 0.3) is 22.1 Å². The van der Waals surface area contributed by atoms with Gasteiger partial charge in [-0.05, 0) is 40.5 Å². The van der Waals surface area contributed by atoms with Gasteiger partial charge in [0.05, 0.1) is 16.9 Å². The second-order valence-electron chi connectivity index (χ2n) is 7.11. The van der Waals surface area contributed by atoms with E-state index in [1.165, 1.54) is 24.3 Å². The Bertz CT molecular complexity index is 1150. The van der Waals surface area contributed by atoms with Gasteiger partial charge in [0.25, 0.3) is 5.88 Å². The van der Waals surface area contributed by atoms with Crippen LogP contribution >= 0.6 is 0 Å². The van der Waals surface area contributed by atoms with Gasteiger partial charge < -0.3 is 14.0 Å². The van der Waals surface area contributed by atoms with Crippen molar-refractivity contribution in [2.45, 2.75) is 6.36 Å². The first-order valence-electron chi connectivity index (χ1n) is 9.50. The monoisotopic (exact) mass is 456 g/mol. The van der Waals surface area contributed by atoms with Crippen molar-refractivity contribution in [2.75, 3.05) is 37.7 Å². The van der Waals surface area contributed by atoms with E-state index in [-0.39, 0.29) is 17.3 Å². The Morgan fingerprint density at radius 1 is 1.03 bits per heavy atom. The Kier molecular flexibility index (Phi) is 5.80. The van der Waals surface area contributed by atoms with Crippen LogP contribution in [0, 0.1) is 0 Å². The number of nitrogens with zero attached hydrogens (tertiary/aromatic N) is 2. The molecular weight excluding hydrogens is 437 g/mol. The Morgan fingerprint density at radius 3 is 2.39 bits per heavy atom.